The van der Waals surface area contributed by atoms with Crippen LogP contribution in [0.1, 0.15) is 32.7 Å². The fourth-order valence-electron chi connectivity index (χ4n) is 2.99. The fraction of sp³-hybridized carbons (Fsp3) is 0.250. The fourth-order valence-corrected chi connectivity index (χ4v) is 4.66. The summed E-state index contributed by atoms with van der Waals surface area (Å²) in [7, 11) is -3.12. The molecule has 2 aromatic carbocycles. The molecule has 1 saturated heterocycles. The number of nitrogens with one attached hydrogen (secondary N) is 1. The van der Waals surface area contributed by atoms with Crippen LogP contribution >= 0.6 is 0 Å². The van der Waals surface area contributed by atoms with Gasteiger partial charge in [0.1, 0.15) is 0 Å². The van der Waals surface area contributed by atoms with Crippen molar-refractivity contribution in [3.8, 4) is 0 Å². The van der Waals surface area contributed by atoms with Crippen molar-refractivity contribution in [1.82, 2.24) is 5.32 Å². The Kier molecular flexibility index (Phi) is 5.89. The molecule has 2 aromatic rings. The Morgan fingerprint density at radius 2 is 1.61 bits per heavy atom. The number of hydrogen-bond acceptors (Lipinski definition) is 6. The molecule has 0 saturated carbocycles. The first-order valence-electron chi connectivity index (χ1n) is 8.71. The van der Waals surface area contributed by atoms with E-state index in [1.54, 1.807) is 42.5 Å². The van der Waals surface area contributed by atoms with Crippen molar-refractivity contribution in [1.29, 1.82) is 0 Å². The van der Waals surface area contributed by atoms with Crippen molar-refractivity contribution in [2.75, 3.05) is 18.1 Å². The lowest BCUT2D eigenvalue weighted by Gasteiger charge is -2.12. The molecule has 0 spiro atoms. The predicted octanol–water partition coefficient (Wildman–Crippen LogP) is 1.38. The number of carbonyl (C=O) groups is 3. The van der Waals surface area contributed by atoms with Crippen LogP contribution < -0.4 is 5.32 Å². The van der Waals surface area contributed by atoms with E-state index in [0.717, 1.165) is 0 Å². The van der Waals surface area contributed by atoms with E-state index in [9.17, 15) is 22.8 Å². The molecular formula is C20H19NO6S. The van der Waals surface area contributed by atoms with Crippen LogP contribution in [-0.2, 0) is 19.4 Å². The summed E-state index contributed by atoms with van der Waals surface area (Å²) in [6.07, 6.45) is 0.344. The van der Waals surface area contributed by atoms with E-state index in [4.69, 9.17) is 4.74 Å². The van der Waals surface area contributed by atoms with Gasteiger partial charge in [0.05, 0.1) is 17.1 Å². The molecule has 0 bridgehead atoms. The molecule has 1 amide bonds. The minimum Gasteiger partial charge on any atom is -0.452 e. The number of ketones is 1. The Morgan fingerprint density at radius 1 is 0.964 bits per heavy atom. The third-order valence-electron chi connectivity index (χ3n) is 4.36. The smallest absolute Gasteiger partial charge is 0.339 e. The Bertz CT molecular complexity index is 1000. The third-order valence-corrected chi connectivity index (χ3v) is 6.13. The van der Waals surface area contributed by atoms with Gasteiger partial charge in [0.25, 0.3) is 5.91 Å². The van der Waals surface area contributed by atoms with Gasteiger partial charge in [0.2, 0.25) is 0 Å². The normalized spacial score (nSPS) is 17.6. The highest BCUT2D eigenvalue weighted by molar-refractivity contribution is 7.91. The van der Waals surface area contributed by atoms with Crippen LogP contribution in [-0.4, -0.2) is 50.2 Å². The first-order valence-corrected chi connectivity index (χ1v) is 10.5. The Balaban J connectivity index is 1.63. The van der Waals surface area contributed by atoms with Crippen molar-refractivity contribution < 1.29 is 27.5 Å². The molecule has 3 rings (SSSR count). The van der Waals surface area contributed by atoms with Gasteiger partial charge in [-0.05, 0) is 12.5 Å². The van der Waals surface area contributed by atoms with Crippen LogP contribution in [0.4, 0.5) is 0 Å². The van der Waals surface area contributed by atoms with Gasteiger partial charge in [-0.1, -0.05) is 48.5 Å². The molecule has 28 heavy (non-hydrogen) atoms. The molecule has 1 aliphatic rings. The van der Waals surface area contributed by atoms with E-state index in [1.165, 1.54) is 12.1 Å². The first kappa shape index (κ1) is 19.8. The summed E-state index contributed by atoms with van der Waals surface area (Å²) in [5.74, 6) is -1.78. The molecule has 8 heteroatoms. The molecule has 7 nitrogen and oxygen atoms in total. The van der Waals surface area contributed by atoms with Crippen LogP contribution in [0.3, 0.4) is 0 Å². The van der Waals surface area contributed by atoms with E-state index in [0.29, 0.717) is 12.0 Å². The molecule has 146 valence electrons. The zero-order valence-electron chi connectivity index (χ0n) is 15.0. The molecule has 0 radical (unpaired) electrons. The Hall–Kier alpha value is -3.00. The quantitative estimate of drug-likeness (QED) is 0.579. The summed E-state index contributed by atoms with van der Waals surface area (Å²) in [6, 6.07) is 14.3. The molecule has 0 unspecified atom stereocenters. The minimum atomic E-state index is -3.12. The first-order chi connectivity index (χ1) is 13.4. The standard InChI is InChI=1S/C20H19NO6S/c22-18(21-15-10-11-28(25,26)13-15)12-27-20(24)17-9-5-4-8-16(17)19(23)14-6-2-1-3-7-14/h1-9,15H,10-13H2,(H,21,22)/t15-/m1/s1. The van der Waals surface area contributed by atoms with E-state index in [1.807, 2.05) is 0 Å². The van der Waals surface area contributed by atoms with E-state index in [-0.39, 0.29) is 28.4 Å². The average molecular weight is 401 g/mol. The lowest BCUT2D eigenvalue weighted by Crippen LogP contribution is -2.38. The van der Waals surface area contributed by atoms with Gasteiger partial charge in [-0.3, -0.25) is 9.59 Å². The molecule has 0 aliphatic carbocycles. The highest BCUT2D eigenvalue weighted by atomic mass is 32.2. The van der Waals surface area contributed by atoms with E-state index < -0.39 is 34.4 Å². The third kappa shape index (κ3) is 4.83. The maximum atomic E-state index is 12.7. The van der Waals surface area contributed by atoms with Gasteiger partial charge in [0.15, 0.2) is 22.2 Å². The van der Waals surface area contributed by atoms with Crippen molar-refractivity contribution >= 4 is 27.5 Å². The lowest BCUT2D eigenvalue weighted by molar-refractivity contribution is -0.124. The Morgan fingerprint density at radius 3 is 2.25 bits per heavy atom. The number of sulfone groups is 1. The van der Waals surface area contributed by atoms with Crippen LogP contribution in [0.5, 0.6) is 0 Å². The van der Waals surface area contributed by atoms with Crippen molar-refractivity contribution in [3.63, 3.8) is 0 Å². The van der Waals surface area contributed by atoms with Crippen molar-refractivity contribution in [3.05, 3.63) is 71.3 Å². The molecule has 1 heterocycles. The summed E-state index contributed by atoms with van der Waals surface area (Å²) in [6.45, 7) is -0.552. The molecule has 1 atom stereocenters. The van der Waals surface area contributed by atoms with Crippen LogP contribution in [0.15, 0.2) is 54.6 Å². The predicted molar refractivity (Wildman–Crippen MR) is 102 cm³/mol. The highest BCUT2D eigenvalue weighted by Crippen LogP contribution is 2.16. The molecule has 1 N–H and O–H groups in total. The topological polar surface area (TPSA) is 107 Å². The van der Waals surface area contributed by atoms with Gasteiger partial charge in [-0.2, -0.15) is 0 Å². The summed E-state index contributed by atoms with van der Waals surface area (Å²) >= 11 is 0. The minimum absolute atomic E-state index is 0.0344. The number of rotatable bonds is 6. The number of carbonyl (C=O) groups excluding carboxylic acids is 3. The van der Waals surface area contributed by atoms with Crippen molar-refractivity contribution in [2.24, 2.45) is 0 Å². The van der Waals surface area contributed by atoms with Crippen LogP contribution in [0.25, 0.3) is 0 Å². The molecule has 1 aliphatic heterocycles. The SMILES string of the molecule is O=C(COC(=O)c1ccccc1C(=O)c1ccccc1)N[C@@H]1CCS(=O)(=O)C1. The Labute approximate surface area is 162 Å². The van der Waals surface area contributed by atoms with E-state index >= 15 is 0 Å². The number of ether oxygens (including phenoxy) is 1. The van der Waals surface area contributed by atoms with Crippen molar-refractivity contribution in [2.45, 2.75) is 12.5 Å². The van der Waals surface area contributed by atoms with Gasteiger partial charge >= 0.3 is 5.97 Å². The zero-order chi connectivity index (χ0) is 20.1. The monoisotopic (exact) mass is 401 g/mol. The second-order valence-corrected chi connectivity index (χ2v) is 8.71. The average Bonchev–Trinajstić information content (AvgIpc) is 3.04. The van der Waals surface area contributed by atoms with Gasteiger partial charge in [0, 0.05) is 17.2 Å². The number of benzene rings is 2. The largest absolute Gasteiger partial charge is 0.452 e. The van der Waals surface area contributed by atoms with Gasteiger partial charge < -0.3 is 10.1 Å². The van der Waals surface area contributed by atoms with Crippen LogP contribution in [0.2, 0.25) is 0 Å². The summed E-state index contributed by atoms with van der Waals surface area (Å²) < 4.78 is 27.9. The second kappa shape index (κ2) is 8.35. The number of esters is 1. The molecule has 1 fully saturated rings. The van der Waals surface area contributed by atoms with Gasteiger partial charge in [-0.15, -0.1) is 0 Å². The zero-order valence-corrected chi connectivity index (χ0v) is 15.8. The highest BCUT2D eigenvalue weighted by Gasteiger charge is 2.29. The summed E-state index contributed by atoms with van der Waals surface area (Å²) in [4.78, 5) is 37.0. The summed E-state index contributed by atoms with van der Waals surface area (Å²) in [5, 5.41) is 2.54. The van der Waals surface area contributed by atoms with E-state index in [2.05, 4.69) is 5.32 Å². The number of hydrogen-bond donors (Lipinski definition) is 1. The second-order valence-electron chi connectivity index (χ2n) is 6.48. The van der Waals surface area contributed by atoms with Crippen LogP contribution in [0, 0.1) is 0 Å². The maximum Gasteiger partial charge on any atom is 0.339 e. The number of amides is 1. The molecule has 0 aromatic heterocycles. The maximum absolute atomic E-state index is 12.7. The lowest BCUT2D eigenvalue weighted by atomic mass is 9.98. The van der Waals surface area contributed by atoms with Gasteiger partial charge in [-0.25, -0.2) is 13.2 Å². The molecular weight excluding hydrogens is 382 g/mol. The summed E-state index contributed by atoms with van der Waals surface area (Å²) in [5.41, 5.74) is 0.677.